The smallest absolute Gasteiger partial charge is 0.138 e. The average Bonchev–Trinajstić information content (AvgIpc) is 3.41. The Morgan fingerprint density at radius 2 is 2.05 bits per heavy atom. The van der Waals surface area contributed by atoms with Gasteiger partial charge in [0, 0.05) is 23.8 Å². The van der Waals surface area contributed by atoms with E-state index in [2.05, 4.69) is 68.9 Å². The molecule has 11 heteroatoms. The van der Waals surface area contributed by atoms with Crippen molar-refractivity contribution in [1.82, 2.24) is 34.7 Å². The molecule has 0 saturated heterocycles. The minimum atomic E-state index is -0.331. The van der Waals surface area contributed by atoms with Gasteiger partial charge in [0.1, 0.15) is 24.4 Å². The molecule has 0 aliphatic heterocycles. The molecule has 1 aliphatic rings. The van der Waals surface area contributed by atoms with Crippen LogP contribution in [0.15, 0.2) is 61.4 Å². The third-order valence-electron chi connectivity index (χ3n) is 6.78. The van der Waals surface area contributed by atoms with Gasteiger partial charge in [0.25, 0.3) is 0 Å². The van der Waals surface area contributed by atoms with E-state index < -0.39 is 0 Å². The fourth-order valence-electron chi connectivity index (χ4n) is 4.60. The Morgan fingerprint density at radius 3 is 2.77 bits per heavy atom. The van der Waals surface area contributed by atoms with E-state index in [4.69, 9.17) is 11.6 Å². The highest BCUT2D eigenvalue weighted by molar-refractivity contribution is 6.35. The number of hydrogen-bond acceptors (Lipinski definition) is 8. The van der Waals surface area contributed by atoms with E-state index in [0.29, 0.717) is 28.7 Å². The zero-order valence-electron chi connectivity index (χ0n) is 22.5. The highest BCUT2D eigenvalue weighted by Gasteiger charge is 2.27. The first kappa shape index (κ1) is 25.8. The van der Waals surface area contributed by atoms with Gasteiger partial charge in [-0.3, -0.25) is 4.98 Å². The molecular formula is C29H29ClN10. The summed E-state index contributed by atoms with van der Waals surface area (Å²) in [6.07, 6.45) is 8.98. The summed E-state index contributed by atoms with van der Waals surface area (Å²) in [6.45, 7) is 7.10. The molecule has 0 bridgehead atoms. The van der Waals surface area contributed by atoms with Crippen molar-refractivity contribution in [3.63, 3.8) is 0 Å². The van der Waals surface area contributed by atoms with E-state index >= 15 is 0 Å². The fraction of sp³-hybridized carbons (Fsp3) is 0.310. The molecule has 1 unspecified atom stereocenters. The van der Waals surface area contributed by atoms with Gasteiger partial charge in [-0.15, -0.1) is 5.10 Å². The number of nitriles is 1. The lowest BCUT2D eigenvalue weighted by molar-refractivity contribution is 0.443. The van der Waals surface area contributed by atoms with Crippen LogP contribution in [0.5, 0.6) is 0 Å². The number of fused-ring (bicyclic) bond motifs is 1. The van der Waals surface area contributed by atoms with Crippen LogP contribution in [0.1, 0.15) is 62.5 Å². The summed E-state index contributed by atoms with van der Waals surface area (Å²) in [5, 5.41) is 31.4. The number of nitrogens with zero attached hydrogens (tertiary/aromatic N) is 8. The second kappa shape index (κ2) is 10.2. The SMILES string of the molecule is CC(C)(C)CNc1c(C#N)cnc2c(Cl)cc(NC(c3cccc(-n4cncn4)c3)c3cn(C4CC4)nn3)cc12. The summed E-state index contributed by atoms with van der Waals surface area (Å²) < 4.78 is 3.66. The lowest BCUT2D eigenvalue weighted by atomic mass is 9.96. The number of nitrogens with one attached hydrogen (secondary N) is 2. The molecule has 5 aromatic rings. The normalized spacial score (nSPS) is 14.2. The minimum absolute atomic E-state index is 0.00949. The van der Waals surface area contributed by atoms with Crippen LogP contribution in [-0.4, -0.2) is 41.3 Å². The molecule has 10 nitrogen and oxygen atoms in total. The topological polar surface area (TPSA) is 122 Å². The lowest BCUT2D eigenvalue weighted by Crippen LogP contribution is -2.20. The van der Waals surface area contributed by atoms with Gasteiger partial charge in [0.15, 0.2) is 0 Å². The number of pyridine rings is 1. The number of anilines is 2. The Morgan fingerprint density at radius 1 is 1.20 bits per heavy atom. The van der Waals surface area contributed by atoms with E-state index in [1.807, 2.05) is 41.2 Å². The Balaban J connectivity index is 1.43. The van der Waals surface area contributed by atoms with E-state index in [1.165, 1.54) is 6.33 Å². The molecule has 1 aliphatic carbocycles. The standard InChI is InChI=1S/C29H29ClN10/c1-29(2,3)15-34-26-19(12-31)13-33-28-23(26)10-20(11-24(28)30)36-27(25-14-39(38-37-25)21-7-8-21)18-5-4-6-22(9-18)40-17-32-16-35-40/h4-6,9-11,13-14,16-17,21,27,36H,7-8,15H2,1-3H3,(H,33,34). The zero-order valence-corrected chi connectivity index (χ0v) is 23.3. The number of halogens is 1. The summed E-state index contributed by atoms with van der Waals surface area (Å²) in [5.74, 6) is 0. The highest BCUT2D eigenvalue weighted by Crippen LogP contribution is 2.37. The summed E-state index contributed by atoms with van der Waals surface area (Å²) in [4.78, 5) is 8.58. The lowest BCUT2D eigenvalue weighted by Gasteiger charge is -2.22. The minimum Gasteiger partial charge on any atom is -0.383 e. The molecule has 2 aromatic carbocycles. The first-order valence-electron chi connectivity index (χ1n) is 13.2. The maximum atomic E-state index is 9.84. The molecule has 1 saturated carbocycles. The van der Waals surface area contributed by atoms with Crippen LogP contribution in [-0.2, 0) is 0 Å². The maximum Gasteiger partial charge on any atom is 0.138 e. The first-order valence-corrected chi connectivity index (χ1v) is 13.6. The number of rotatable bonds is 8. The Kier molecular flexibility index (Phi) is 6.60. The van der Waals surface area contributed by atoms with Gasteiger partial charge in [0.05, 0.1) is 45.8 Å². The molecule has 0 spiro atoms. The largest absolute Gasteiger partial charge is 0.383 e. The maximum absolute atomic E-state index is 9.84. The second-order valence-electron chi connectivity index (χ2n) is 11.3. The molecule has 1 fully saturated rings. The van der Waals surface area contributed by atoms with E-state index in [-0.39, 0.29) is 11.5 Å². The summed E-state index contributed by atoms with van der Waals surface area (Å²) >= 11 is 6.78. The van der Waals surface area contributed by atoms with Crippen molar-refractivity contribution in [2.75, 3.05) is 17.2 Å². The van der Waals surface area contributed by atoms with Crippen molar-refractivity contribution in [3.05, 3.63) is 83.3 Å². The second-order valence-corrected chi connectivity index (χ2v) is 11.7. The van der Waals surface area contributed by atoms with E-state index in [9.17, 15) is 5.26 Å². The molecule has 3 aromatic heterocycles. The fourth-order valence-corrected chi connectivity index (χ4v) is 4.86. The van der Waals surface area contributed by atoms with Crippen LogP contribution in [0, 0.1) is 16.7 Å². The molecule has 6 rings (SSSR count). The predicted molar refractivity (Wildman–Crippen MR) is 155 cm³/mol. The summed E-state index contributed by atoms with van der Waals surface area (Å²) in [6, 6.07) is 14.2. The highest BCUT2D eigenvalue weighted by atomic mass is 35.5. The summed E-state index contributed by atoms with van der Waals surface area (Å²) in [7, 11) is 0. The number of hydrogen-bond donors (Lipinski definition) is 2. The third kappa shape index (κ3) is 5.33. The molecular weight excluding hydrogens is 524 g/mol. The van der Waals surface area contributed by atoms with Crippen LogP contribution < -0.4 is 10.6 Å². The Bertz CT molecular complexity index is 1710. The van der Waals surface area contributed by atoms with E-state index in [1.54, 1.807) is 17.2 Å². The van der Waals surface area contributed by atoms with Crippen LogP contribution >= 0.6 is 11.6 Å². The van der Waals surface area contributed by atoms with Crippen molar-refractivity contribution in [2.45, 2.75) is 45.7 Å². The zero-order chi connectivity index (χ0) is 27.9. The molecule has 1 atom stereocenters. The third-order valence-corrected chi connectivity index (χ3v) is 7.07. The average molecular weight is 553 g/mol. The van der Waals surface area contributed by atoms with Gasteiger partial charge in [-0.2, -0.15) is 10.4 Å². The van der Waals surface area contributed by atoms with Gasteiger partial charge < -0.3 is 10.6 Å². The number of aromatic nitrogens is 7. The Labute approximate surface area is 237 Å². The van der Waals surface area contributed by atoms with E-state index in [0.717, 1.165) is 46.5 Å². The van der Waals surface area contributed by atoms with Crippen LogP contribution in [0.25, 0.3) is 16.6 Å². The number of benzene rings is 2. The van der Waals surface area contributed by atoms with Gasteiger partial charge in [-0.25, -0.2) is 14.3 Å². The quantitative estimate of drug-likeness (QED) is 0.243. The molecule has 0 amide bonds. The molecule has 202 valence electrons. The van der Waals surface area contributed by atoms with Crippen molar-refractivity contribution in [2.24, 2.45) is 5.41 Å². The summed E-state index contributed by atoms with van der Waals surface area (Å²) in [5.41, 5.74) is 5.24. The van der Waals surface area contributed by atoms with Crippen LogP contribution in [0.4, 0.5) is 11.4 Å². The molecule has 40 heavy (non-hydrogen) atoms. The Hall–Kier alpha value is -4.49. The van der Waals surface area contributed by atoms with Gasteiger partial charge in [-0.05, 0) is 48.1 Å². The van der Waals surface area contributed by atoms with Crippen molar-refractivity contribution in [3.8, 4) is 11.8 Å². The first-order chi connectivity index (χ1) is 19.3. The van der Waals surface area contributed by atoms with Crippen molar-refractivity contribution in [1.29, 1.82) is 5.26 Å². The predicted octanol–water partition coefficient (Wildman–Crippen LogP) is 5.93. The molecule has 0 radical (unpaired) electrons. The van der Waals surface area contributed by atoms with Crippen molar-refractivity contribution < 1.29 is 0 Å². The van der Waals surface area contributed by atoms with Crippen LogP contribution in [0.3, 0.4) is 0 Å². The van der Waals surface area contributed by atoms with Crippen molar-refractivity contribution >= 4 is 33.9 Å². The van der Waals surface area contributed by atoms with Gasteiger partial charge in [-0.1, -0.05) is 49.7 Å². The van der Waals surface area contributed by atoms with Gasteiger partial charge in [0.2, 0.25) is 0 Å². The van der Waals surface area contributed by atoms with Gasteiger partial charge >= 0.3 is 0 Å². The van der Waals surface area contributed by atoms with Crippen LogP contribution in [0.2, 0.25) is 5.02 Å². The monoisotopic (exact) mass is 552 g/mol. The molecule has 3 heterocycles. The molecule has 2 N–H and O–H groups in total.